The smallest absolute Gasteiger partial charge is 0.201 e. The molecule has 0 atom stereocenters. The molecule has 0 spiro atoms. The first kappa shape index (κ1) is 20.7. The predicted molar refractivity (Wildman–Crippen MR) is 112 cm³/mol. The Hall–Kier alpha value is -3.01. The highest BCUT2D eigenvalue weighted by Crippen LogP contribution is 2.31. The second-order valence-corrected chi connectivity index (χ2v) is 6.73. The minimum absolute atomic E-state index is 0.00750. The monoisotopic (exact) mass is 396 g/mol. The number of rotatable bonds is 7. The minimum Gasteiger partial charge on any atom is -0.491 e. The topological polar surface area (TPSA) is 9.23 Å². The summed E-state index contributed by atoms with van der Waals surface area (Å²) in [6.07, 6.45) is 5.61. The summed E-state index contributed by atoms with van der Waals surface area (Å²) in [6.45, 7) is 4.05. The average molecular weight is 396 g/mol. The molecule has 0 fully saturated rings. The summed E-state index contributed by atoms with van der Waals surface area (Å²) >= 11 is 0. The molecular formula is C25H23F3O. The van der Waals surface area contributed by atoms with Crippen molar-refractivity contribution in [3.8, 4) is 16.9 Å². The van der Waals surface area contributed by atoms with Crippen LogP contribution in [0.2, 0.25) is 0 Å². The van der Waals surface area contributed by atoms with Gasteiger partial charge in [0.2, 0.25) is 5.82 Å². The van der Waals surface area contributed by atoms with Gasteiger partial charge in [0, 0.05) is 11.1 Å². The molecule has 3 rings (SSSR count). The zero-order valence-corrected chi connectivity index (χ0v) is 16.5. The quantitative estimate of drug-likeness (QED) is 0.381. The Labute approximate surface area is 169 Å². The fraction of sp³-hybridized carbons (Fsp3) is 0.200. The van der Waals surface area contributed by atoms with Gasteiger partial charge in [-0.25, -0.2) is 8.78 Å². The van der Waals surface area contributed by atoms with E-state index >= 15 is 0 Å². The largest absolute Gasteiger partial charge is 0.491 e. The van der Waals surface area contributed by atoms with Gasteiger partial charge in [-0.3, -0.25) is 0 Å². The molecule has 3 aromatic rings. The summed E-state index contributed by atoms with van der Waals surface area (Å²) < 4.78 is 48.1. The molecule has 0 heterocycles. The van der Waals surface area contributed by atoms with Crippen LogP contribution in [0.25, 0.3) is 23.3 Å². The number of benzene rings is 3. The van der Waals surface area contributed by atoms with Gasteiger partial charge in [-0.2, -0.15) is 4.39 Å². The molecule has 0 aliphatic carbocycles. The number of hydrogen-bond acceptors (Lipinski definition) is 1. The Morgan fingerprint density at radius 3 is 2.24 bits per heavy atom. The first-order valence-corrected chi connectivity index (χ1v) is 9.71. The molecule has 4 heteroatoms. The summed E-state index contributed by atoms with van der Waals surface area (Å²) in [4.78, 5) is 0. The first-order valence-electron chi connectivity index (χ1n) is 9.71. The number of halogens is 3. The van der Waals surface area contributed by atoms with E-state index in [2.05, 4.69) is 19.1 Å². The van der Waals surface area contributed by atoms with Crippen molar-refractivity contribution >= 4 is 12.2 Å². The van der Waals surface area contributed by atoms with E-state index < -0.39 is 17.5 Å². The lowest BCUT2D eigenvalue weighted by Crippen LogP contribution is -1.98. The average Bonchev–Trinajstić information content (AvgIpc) is 2.72. The molecule has 0 aliphatic heterocycles. The predicted octanol–water partition coefficient (Wildman–Crippen LogP) is 7.29. The highest BCUT2D eigenvalue weighted by Gasteiger charge is 2.16. The van der Waals surface area contributed by atoms with Crippen LogP contribution in [-0.4, -0.2) is 6.61 Å². The molecule has 0 bridgehead atoms. The number of hydrogen-bond donors (Lipinski definition) is 0. The van der Waals surface area contributed by atoms with Crippen molar-refractivity contribution in [2.45, 2.75) is 26.7 Å². The van der Waals surface area contributed by atoms with Crippen LogP contribution in [0.4, 0.5) is 13.2 Å². The lowest BCUT2D eigenvalue weighted by Gasteiger charge is -2.10. The van der Waals surface area contributed by atoms with Crippen molar-refractivity contribution in [2.24, 2.45) is 0 Å². The van der Waals surface area contributed by atoms with Crippen LogP contribution >= 0.6 is 0 Å². The van der Waals surface area contributed by atoms with E-state index in [0.717, 1.165) is 18.4 Å². The van der Waals surface area contributed by atoms with Gasteiger partial charge in [0.25, 0.3) is 0 Å². The lowest BCUT2D eigenvalue weighted by atomic mass is 10.0. The molecule has 0 unspecified atom stereocenters. The van der Waals surface area contributed by atoms with Crippen LogP contribution < -0.4 is 4.74 Å². The molecular weight excluding hydrogens is 373 g/mol. The molecule has 0 aliphatic rings. The maximum absolute atomic E-state index is 14.5. The molecule has 0 saturated heterocycles. The van der Waals surface area contributed by atoms with E-state index in [0.29, 0.717) is 5.56 Å². The Bertz CT molecular complexity index is 1010. The summed E-state index contributed by atoms with van der Waals surface area (Å²) in [5.41, 5.74) is 2.87. The summed E-state index contributed by atoms with van der Waals surface area (Å²) in [7, 11) is 0. The van der Waals surface area contributed by atoms with Gasteiger partial charge in [0.05, 0.1) is 6.61 Å². The summed E-state index contributed by atoms with van der Waals surface area (Å²) in [6, 6.07) is 15.2. The zero-order valence-electron chi connectivity index (χ0n) is 16.5. The SMILES string of the molecule is CCCc1ccc(C=Cc2ccc(-c3ccc(OCC)c(F)c3F)cc2F)cc1. The molecule has 0 aromatic heterocycles. The second kappa shape index (κ2) is 9.46. The van der Waals surface area contributed by atoms with Gasteiger partial charge in [0.15, 0.2) is 11.6 Å². The van der Waals surface area contributed by atoms with Gasteiger partial charge in [-0.05, 0) is 48.2 Å². The van der Waals surface area contributed by atoms with Crippen molar-refractivity contribution in [3.05, 3.63) is 88.7 Å². The van der Waals surface area contributed by atoms with E-state index in [9.17, 15) is 13.2 Å². The Kier molecular flexibility index (Phi) is 6.76. The van der Waals surface area contributed by atoms with Crippen LogP contribution in [-0.2, 0) is 6.42 Å². The van der Waals surface area contributed by atoms with Crippen LogP contribution in [0.15, 0.2) is 54.6 Å². The van der Waals surface area contributed by atoms with Gasteiger partial charge < -0.3 is 4.74 Å². The van der Waals surface area contributed by atoms with Crippen molar-refractivity contribution in [3.63, 3.8) is 0 Å². The minimum atomic E-state index is -1.07. The third kappa shape index (κ3) is 4.89. The zero-order chi connectivity index (χ0) is 20.8. The molecule has 0 amide bonds. The maximum Gasteiger partial charge on any atom is 0.201 e. The van der Waals surface area contributed by atoms with Gasteiger partial charge in [-0.15, -0.1) is 0 Å². The van der Waals surface area contributed by atoms with Gasteiger partial charge >= 0.3 is 0 Å². The standard InChI is InChI=1S/C25H23F3O/c1-3-5-17-6-8-18(9-7-17)10-11-19-12-13-20(16-22(19)26)21-14-15-23(29-4-2)25(28)24(21)27/h6-16H,3-5H2,1-2H3. The van der Waals surface area contributed by atoms with E-state index in [-0.39, 0.29) is 23.5 Å². The third-order valence-corrected chi connectivity index (χ3v) is 4.63. The normalized spacial score (nSPS) is 11.2. The van der Waals surface area contributed by atoms with Crippen molar-refractivity contribution < 1.29 is 17.9 Å². The Balaban J connectivity index is 1.82. The molecule has 29 heavy (non-hydrogen) atoms. The van der Waals surface area contributed by atoms with Crippen LogP contribution in [0.1, 0.15) is 37.0 Å². The summed E-state index contributed by atoms with van der Waals surface area (Å²) in [5, 5.41) is 0. The van der Waals surface area contributed by atoms with E-state index in [1.807, 2.05) is 18.2 Å². The van der Waals surface area contributed by atoms with Crippen molar-refractivity contribution in [1.82, 2.24) is 0 Å². The van der Waals surface area contributed by atoms with Crippen LogP contribution in [0.5, 0.6) is 5.75 Å². The highest BCUT2D eigenvalue weighted by molar-refractivity contribution is 5.73. The van der Waals surface area contributed by atoms with Crippen LogP contribution in [0, 0.1) is 17.5 Å². The van der Waals surface area contributed by atoms with Gasteiger partial charge in [-0.1, -0.05) is 61.9 Å². The van der Waals surface area contributed by atoms with E-state index in [4.69, 9.17) is 4.74 Å². The highest BCUT2D eigenvalue weighted by atomic mass is 19.2. The van der Waals surface area contributed by atoms with Crippen LogP contribution in [0.3, 0.4) is 0 Å². The Morgan fingerprint density at radius 2 is 1.59 bits per heavy atom. The molecule has 150 valence electrons. The maximum atomic E-state index is 14.5. The molecule has 1 nitrogen and oxygen atoms in total. The molecule has 0 saturated carbocycles. The van der Waals surface area contributed by atoms with Crippen molar-refractivity contribution in [2.75, 3.05) is 6.61 Å². The summed E-state index contributed by atoms with van der Waals surface area (Å²) in [5.74, 6) is -2.78. The van der Waals surface area contributed by atoms with E-state index in [1.165, 1.54) is 23.8 Å². The molecule has 0 radical (unpaired) electrons. The van der Waals surface area contributed by atoms with E-state index in [1.54, 1.807) is 25.1 Å². The van der Waals surface area contributed by atoms with Gasteiger partial charge in [0.1, 0.15) is 5.82 Å². The molecule has 0 N–H and O–H groups in total. The fourth-order valence-electron chi connectivity index (χ4n) is 3.12. The first-order chi connectivity index (χ1) is 14.0. The fourth-order valence-corrected chi connectivity index (χ4v) is 3.12. The Morgan fingerprint density at radius 1 is 0.828 bits per heavy atom. The number of ether oxygens (including phenoxy) is 1. The third-order valence-electron chi connectivity index (χ3n) is 4.63. The second-order valence-electron chi connectivity index (χ2n) is 6.73. The van der Waals surface area contributed by atoms with Crippen molar-refractivity contribution in [1.29, 1.82) is 0 Å². The lowest BCUT2D eigenvalue weighted by molar-refractivity contribution is 0.314. The molecule has 3 aromatic carbocycles. The number of aryl methyl sites for hydroxylation is 1.